The van der Waals surface area contributed by atoms with E-state index in [1.54, 1.807) is 0 Å². The van der Waals surface area contributed by atoms with Gasteiger partial charge in [-0.05, 0) is 55.1 Å². The minimum absolute atomic E-state index is 0.759. The van der Waals surface area contributed by atoms with E-state index >= 15 is 0 Å². The van der Waals surface area contributed by atoms with Crippen molar-refractivity contribution >= 4 is 16.6 Å². The molecule has 0 aliphatic heterocycles. The Hall–Kier alpha value is -2.26. The standard InChI is InChI=1S/C20H25N3/c1-23(2)16-12-10-15(11-13-16)20-18(8-5-6-14-21)17-7-3-4-9-19(17)22-20/h3-4,7,9-13,22H,5-6,8,14,21H2,1-2H3. The number of para-hydroxylation sites is 1. The molecule has 0 aliphatic carbocycles. The third kappa shape index (κ3) is 3.25. The van der Waals surface area contributed by atoms with Gasteiger partial charge in [0.1, 0.15) is 0 Å². The molecule has 2 aromatic carbocycles. The van der Waals surface area contributed by atoms with Crippen molar-refractivity contribution in [2.75, 3.05) is 25.5 Å². The van der Waals surface area contributed by atoms with Gasteiger partial charge >= 0.3 is 0 Å². The summed E-state index contributed by atoms with van der Waals surface area (Å²) < 4.78 is 0. The lowest BCUT2D eigenvalue weighted by molar-refractivity contribution is 0.748. The highest BCUT2D eigenvalue weighted by molar-refractivity contribution is 5.90. The van der Waals surface area contributed by atoms with Crippen LogP contribution in [0, 0.1) is 0 Å². The number of nitrogens with one attached hydrogen (secondary N) is 1. The van der Waals surface area contributed by atoms with Gasteiger partial charge in [0.2, 0.25) is 0 Å². The van der Waals surface area contributed by atoms with Crippen molar-refractivity contribution in [2.24, 2.45) is 5.73 Å². The molecular weight excluding hydrogens is 282 g/mol. The molecule has 3 rings (SSSR count). The molecule has 0 unspecified atom stereocenters. The first-order valence-corrected chi connectivity index (χ1v) is 8.28. The summed E-state index contributed by atoms with van der Waals surface area (Å²) in [5.74, 6) is 0. The number of hydrogen-bond donors (Lipinski definition) is 2. The molecule has 0 spiro atoms. The molecule has 0 amide bonds. The van der Waals surface area contributed by atoms with Gasteiger partial charge in [-0.15, -0.1) is 0 Å². The molecule has 0 saturated carbocycles. The fourth-order valence-corrected chi connectivity index (χ4v) is 3.08. The molecule has 3 heteroatoms. The van der Waals surface area contributed by atoms with Crippen LogP contribution >= 0.6 is 0 Å². The largest absolute Gasteiger partial charge is 0.378 e. The zero-order valence-corrected chi connectivity index (χ0v) is 14.0. The van der Waals surface area contributed by atoms with E-state index in [1.165, 1.54) is 33.4 Å². The van der Waals surface area contributed by atoms with Gasteiger partial charge in [-0.1, -0.05) is 30.3 Å². The first kappa shape index (κ1) is 15.6. The van der Waals surface area contributed by atoms with Gasteiger partial charge in [-0.25, -0.2) is 0 Å². The number of benzene rings is 2. The zero-order chi connectivity index (χ0) is 16.2. The number of anilines is 1. The number of aromatic nitrogens is 1. The lowest BCUT2D eigenvalue weighted by Gasteiger charge is -2.13. The summed E-state index contributed by atoms with van der Waals surface area (Å²) in [5.41, 5.74) is 12.0. The van der Waals surface area contributed by atoms with E-state index < -0.39 is 0 Å². The normalized spacial score (nSPS) is 11.1. The number of nitrogens with two attached hydrogens (primary N) is 1. The summed E-state index contributed by atoms with van der Waals surface area (Å²) in [7, 11) is 4.13. The van der Waals surface area contributed by atoms with E-state index in [0.717, 1.165) is 25.8 Å². The van der Waals surface area contributed by atoms with Crippen LogP contribution in [0.4, 0.5) is 5.69 Å². The van der Waals surface area contributed by atoms with Crippen molar-refractivity contribution in [2.45, 2.75) is 19.3 Å². The minimum atomic E-state index is 0.759. The molecule has 1 aromatic heterocycles. The van der Waals surface area contributed by atoms with Crippen molar-refractivity contribution < 1.29 is 0 Å². The SMILES string of the molecule is CN(C)c1ccc(-c2[nH]c3ccccc3c2CCCCN)cc1. The molecule has 0 radical (unpaired) electrons. The average Bonchev–Trinajstić information content (AvgIpc) is 2.94. The van der Waals surface area contributed by atoms with Crippen molar-refractivity contribution in [1.82, 2.24) is 4.98 Å². The third-order valence-corrected chi connectivity index (χ3v) is 4.37. The van der Waals surface area contributed by atoms with E-state index in [0.29, 0.717) is 0 Å². The first-order valence-electron chi connectivity index (χ1n) is 8.28. The fourth-order valence-electron chi connectivity index (χ4n) is 3.08. The summed E-state index contributed by atoms with van der Waals surface area (Å²) in [6.07, 6.45) is 3.26. The molecule has 1 heterocycles. The van der Waals surface area contributed by atoms with Crippen LogP contribution in [-0.4, -0.2) is 25.6 Å². The molecule has 23 heavy (non-hydrogen) atoms. The van der Waals surface area contributed by atoms with Gasteiger partial charge < -0.3 is 15.6 Å². The van der Waals surface area contributed by atoms with E-state index in [2.05, 4.69) is 72.5 Å². The Morgan fingerprint density at radius 1 is 0.957 bits per heavy atom. The Morgan fingerprint density at radius 3 is 2.39 bits per heavy atom. The second-order valence-corrected chi connectivity index (χ2v) is 6.21. The Bertz CT molecular complexity index is 769. The van der Waals surface area contributed by atoms with Crippen LogP contribution in [0.15, 0.2) is 48.5 Å². The van der Waals surface area contributed by atoms with Gasteiger partial charge in [0.05, 0.1) is 0 Å². The van der Waals surface area contributed by atoms with E-state index in [4.69, 9.17) is 5.73 Å². The first-order chi connectivity index (χ1) is 11.2. The molecular formula is C20H25N3. The second-order valence-electron chi connectivity index (χ2n) is 6.21. The average molecular weight is 307 g/mol. The lowest BCUT2D eigenvalue weighted by atomic mass is 10.00. The fraction of sp³-hybridized carbons (Fsp3) is 0.300. The maximum atomic E-state index is 5.66. The van der Waals surface area contributed by atoms with Gasteiger partial charge in [0, 0.05) is 36.4 Å². The maximum absolute atomic E-state index is 5.66. The van der Waals surface area contributed by atoms with E-state index in [-0.39, 0.29) is 0 Å². The Labute approximate surface area is 138 Å². The monoisotopic (exact) mass is 307 g/mol. The van der Waals surface area contributed by atoms with Crippen LogP contribution in [0.1, 0.15) is 18.4 Å². The van der Waals surface area contributed by atoms with E-state index in [1.807, 2.05) is 0 Å². The number of fused-ring (bicyclic) bond motifs is 1. The molecule has 3 N–H and O–H groups in total. The summed E-state index contributed by atoms with van der Waals surface area (Å²) in [5, 5.41) is 1.33. The third-order valence-electron chi connectivity index (χ3n) is 4.37. The number of hydrogen-bond acceptors (Lipinski definition) is 2. The van der Waals surface area contributed by atoms with Crippen molar-refractivity contribution in [3.63, 3.8) is 0 Å². The number of H-pyrrole nitrogens is 1. The molecule has 3 aromatic rings. The molecule has 3 nitrogen and oxygen atoms in total. The smallest absolute Gasteiger partial charge is 0.0497 e. The van der Waals surface area contributed by atoms with Crippen LogP contribution < -0.4 is 10.6 Å². The Balaban J connectivity index is 2.02. The molecule has 0 atom stereocenters. The van der Waals surface area contributed by atoms with E-state index in [9.17, 15) is 0 Å². The van der Waals surface area contributed by atoms with Crippen LogP contribution in [0.25, 0.3) is 22.2 Å². The summed E-state index contributed by atoms with van der Waals surface area (Å²) >= 11 is 0. The second kappa shape index (κ2) is 6.88. The minimum Gasteiger partial charge on any atom is -0.378 e. The lowest BCUT2D eigenvalue weighted by Crippen LogP contribution is -2.07. The number of nitrogens with zero attached hydrogens (tertiary/aromatic N) is 1. The number of aromatic amines is 1. The van der Waals surface area contributed by atoms with Crippen LogP contribution in [0.2, 0.25) is 0 Å². The highest BCUT2D eigenvalue weighted by atomic mass is 15.1. The molecule has 0 fully saturated rings. The topological polar surface area (TPSA) is 45.0 Å². The summed E-state index contributed by atoms with van der Waals surface area (Å²) in [4.78, 5) is 5.73. The van der Waals surface area contributed by atoms with Gasteiger partial charge in [-0.3, -0.25) is 0 Å². The highest BCUT2D eigenvalue weighted by Gasteiger charge is 2.12. The highest BCUT2D eigenvalue weighted by Crippen LogP contribution is 2.32. The Kier molecular flexibility index (Phi) is 4.68. The molecule has 0 aliphatic rings. The van der Waals surface area contributed by atoms with Crippen LogP contribution in [0.3, 0.4) is 0 Å². The van der Waals surface area contributed by atoms with Crippen molar-refractivity contribution in [3.8, 4) is 11.3 Å². The molecule has 0 saturated heterocycles. The predicted molar refractivity (Wildman–Crippen MR) is 100 cm³/mol. The summed E-state index contributed by atoms with van der Waals surface area (Å²) in [6, 6.07) is 17.3. The molecule has 120 valence electrons. The molecule has 0 bridgehead atoms. The van der Waals surface area contributed by atoms with Gasteiger partial charge in [0.15, 0.2) is 0 Å². The predicted octanol–water partition coefficient (Wildman–Crippen LogP) is 4.18. The van der Waals surface area contributed by atoms with Crippen LogP contribution in [-0.2, 0) is 6.42 Å². The van der Waals surface area contributed by atoms with Crippen molar-refractivity contribution in [3.05, 3.63) is 54.1 Å². The maximum Gasteiger partial charge on any atom is 0.0497 e. The summed E-state index contributed by atoms with van der Waals surface area (Å²) in [6.45, 7) is 0.759. The zero-order valence-electron chi connectivity index (χ0n) is 14.0. The van der Waals surface area contributed by atoms with Crippen LogP contribution in [0.5, 0.6) is 0 Å². The number of unbranched alkanes of at least 4 members (excludes halogenated alkanes) is 1. The Morgan fingerprint density at radius 2 is 1.70 bits per heavy atom. The number of aryl methyl sites for hydroxylation is 1. The van der Waals surface area contributed by atoms with Crippen molar-refractivity contribution in [1.29, 1.82) is 0 Å². The van der Waals surface area contributed by atoms with Gasteiger partial charge in [-0.2, -0.15) is 0 Å². The van der Waals surface area contributed by atoms with Gasteiger partial charge in [0.25, 0.3) is 0 Å². The quantitative estimate of drug-likeness (QED) is 0.671. The number of rotatable bonds is 6.